The molecule has 0 bridgehead atoms. The van der Waals surface area contributed by atoms with Gasteiger partial charge in [-0.3, -0.25) is 19.7 Å². The minimum Gasteiger partial charge on any atom is -0.368 e. The third kappa shape index (κ3) is 3.08. The Morgan fingerprint density at radius 2 is 1.41 bits per heavy atom. The number of allylic oxidation sites excluding steroid dienone is 1. The largest absolute Gasteiger partial charge is 0.368 e. The summed E-state index contributed by atoms with van der Waals surface area (Å²) in [5.41, 5.74) is 3.05. The molecule has 27 heavy (non-hydrogen) atoms. The van der Waals surface area contributed by atoms with Crippen LogP contribution in [0.4, 0.5) is 11.4 Å². The zero-order chi connectivity index (χ0) is 19.0. The van der Waals surface area contributed by atoms with Crippen LogP contribution >= 0.6 is 0 Å². The molecule has 2 aliphatic rings. The lowest BCUT2D eigenvalue weighted by Crippen LogP contribution is -2.46. The van der Waals surface area contributed by atoms with E-state index in [0.717, 1.165) is 30.0 Å². The van der Waals surface area contributed by atoms with Crippen LogP contribution in [-0.4, -0.2) is 47.6 Å². The molecule has 7 nitrogen and oxygen atoms in total. The molecule has 0 amide bonds. The Kier molecular flexibility index (Phi) is 4.19. The normalized spacial score (nSPS) is 16.8. The molecule has 136 valence electrons. The van der Waals surface area contributed by atoms with Crippen molar-refractivity contribution in [1.82, 2.24) is 4.90 Å². The van der Waals surface area contributed by atoms with Crippen LogP contribution in [0.5, 0.6) is 0 Å². The number of nitro groups is 1. The SMILES string of the molecule is O=C1C=C(N2CCN(c3ccc([N+](=O)[O-])cc3)CC2)c2ccccc2C1=O. The lowest BCUT2D eigenvalue weighted by atomic mass is 9.92. The van der Waals surface area contributed by atoms with Crippen LogP contribution in [0, 0.1) is 10.1 Å². The molecular formula is C20H17N3O4. The summed E-state index contributed by atoms with van der Waals surface area (Å²) in [5.74, 6) is -0.944. The molecule has 0 saturated carbocycles. The lowest BCUT2D eigenvalue weighted by molar-refractivity contribution is -0.384. The average Bonchev–Trinajstić information content (AvgIpc) is 2.71. The summed E-state index contributed by atoms with van der Waals surface area (Å²) < 4.78 is 0. The van der Waals surface area contributed by atoms with Gasteiger partial charge >= 0.3 is 0 Å². The van der Waals surface area contributed by atoms with Crippen molar-refractivity contribution in [3.63, 3.8) is 0 Å². The van der Waals surface area contributed by atoms with Gasteiger partial charge in [0.1, 0.15) is 0 Å². The second kappa shape index (κ2) is 6.68. The van der Waals surface area contributed by atoms with Crippen molar-refractivity contribution in [1.29, 1.82) is 0 Å². The molecule has 0 spiro atoms. The molecule has 1 saturated heterocycles. The first kappa shape index (κ1) is 17.0. The Hall–Kier alpha value is -3.48. The molecular weight excluding hydrogens is 346 g/mol. The van der Waals surface area contributed by atoms with Gasteiger partial charge in [-0.15, -0.1) is 0 Å². The molecule has 0 aromatic heterocycles. The summed E-state index contributed by atoms with van der Waals surface area (Å²) in [6, 6.07) is 13.7. The van der Waals surface area contributed by atoms with E-state index in [0.29, 0.717) is 18.7 Å². The molecule has 0 unspecified atom stereocenters. The summed E-state index contributed by atoms with van der Waals surface area (Å²) >= 11 is 0. The van der Waals surface area contributed by atoms with Gasteiger partial charge in [0.2, 0.25) is 11.6 Å². The smallest absolute Gasteiger partial charge is 0.269 e. The van der Waals surface area contributed by atoms with Gasteiger partial charge in [-0.1, -0.05) is 24.3 Å². The van der Waals surface area contributed by atoms with Crippen LogP contribution in [0.3, 0.4) is 0 Å². The van der Waals surface area contributed by atoms with Crippen molar-refractivity contribution in [3.8, 4) is 0 Å². The topological polar surface area (TPSA) is 83.8 Å². The van der Waals surface area contributed by atoms with Gasteiger partial charge in [-0.05, 0) is 12.1 Å². The summed E-state index contributed by atoms with van der Waals surface area (Å²) in [6.45, 7) is 2.83. The van der Waals surface area contributed by atoms with Crippen LogP contribution in [0.25, 0.3) is 5.70 Å². The summed E-state index contributed by atoms with van der Waals surface area (Å²) in [5, 5.41) is 10.8. The number of hydrogen-bond donors (Lipinski definition) is 0. The zero-order valence-corrected chi connectivity index (χ0v) is 14.5. The Balaban J connectivity index is 1.51. The molecule has 0 N–H and O–H groups in total. The minimum atomic E-state index is -0.485. The van der Waals surface area contributed by atoms with Gasteiger partial charge in [0.05, 0.1) is 4.92 Å². The van der Waals surface area contributed by atoms with Crippen LogP contribution in [0.15, 0.2) is 54.6 Å². The Labute approximate surface area is 155 Å². The fourth-order valence-corrected chi connectivity index (χ4v) is 3.56. The van der Waals surface area contributed by atoms with Crippen molar-refractivity contribution in [2.75, 3.05) is 31.1 Å². The maximum absolute atomic E-state index is 12.1. The van der Waals surface area contributed by atoms with Crippen LogP contribution in [0.1, 0.15) is 15.9 Å². The maximum atomic E-state index is 12.1. The van der Waals surface area contributed by atoms with Crippen molar-refractivity contribution in [2.24, 2.45) is 0 Å². The second-order valence-electron chi connectivity index (χ2n) is 6.52. The highest BCUT2D eigenvalue weighted by Crippen LogP contribution is 2.29. The number of Topliss-reactive ketones (excluding diaryl/α,β-unsaturated/α-hetero) is 1. The fourth-order valence-electron chi connectivity index (χ4n) is 3.56. The number of hydrogen-bond acceptors (Lipinski definition) is 6. The van der Waals surface area contributed by atoms with Gasteiger partial charge in [0.15, 0.2) is 0 Å². The number of piperazine rings is 1. The zero-order valence-electron chi connectivity index (χ0n) is 14.5. The number of nitrogens with zero attached hydrogens (tertiary/aromatic N) is 3. The first-order valence-corrected chi connectivity index (χ1v) is 8.69. The summed E-state index contributed by atoms with van der Waals surface area (Å²) in [7, 11) is 0. The summed E-state index contributed by atoms with van der Waals surface area (Å²) in [4.78, 5) is 38.8. The number of rotatable bonds is 3. The molecule has 0 radical (unpaired) electrons. The maximum Gasteiger partial charge on any atom is 0.269 e. The molecule has 4 rings (SSSR count). The molecule has 1 fully saturated rings. The van der Waals surface area contributed by atoms with E-state index in [1.54, 1.807) is 24.3 Å². The highest BCUT2D eigenvalue weighted by Gasteiger charge is 2.29. The highest BCUT2D eigenvalue weighted by atomic mass is 16.6. The molecule has 0 atom stereocenters. The predicted octanol–water partition coefficient (Wildman–Crippen LogP) is 2.52. The van der Waals surface area contributed by atoms with Gasteiger partial charge in [-0.2, -0.15) is 0 Å². The van der Waals surface area contributed by atoms with Gasteiger partial charge < -0.3 is 9.80 Å². The molecule has 1 heterocycles. The quantitative estimate of drug-likeness (QED) is 0.473. The molecule has 7 heteroatoms. The number of fused-ring (bicyclic) bond motifs is 1. The van der Waals surface area contributed by atoms with Crippen LogP contribution < -0.4 is 4.90 Å². The van der Waals surface area contributed by atoms with Crippen molar-refractivity contribution >= 4 is 28.6 Å². The number of anilines is 1. The van der Waals surface area contributed by atoms with E-state index in [4.69, 9.17) is 0 Å². The van der Waals surface area contributed by atoms with Gasteiger partial charge in [0, 0.05) is 66.9 Å². The van der Waals surface area contributed by atoms with E-state index in [2.05, 4.69) is 9.80 Å². The Bertz CT molecular complexity index is 957. The number of carbonyl (C=O) groups is 2. The van der Waals surface area contributed by atoms with E-state index in [9.17, 15) is 19.7 Å². The number of nitro benzene ring substituents is 1. The van der Waals surface area contributed by atoms with Crippen molar-refractivity contribution in [3.05, 3.63) is 75.8 Å². The van der Waals surface area contributed by atoms with Crippen LogP contribution in [0.2, 0.25) is 0 Å². The summed E-state index contributed by atoms with van der Waals surface area (Å²) in [6.07, 6.45) is 1.44. The average molecular weight is 363 g/mol. The molecule has 2 aromatic carbocycles. The van der Waals surface area contributed by atoms with Gasteiger partial charge in [0.25, 0.3) is 5.69 Å². The van der Waals surface area contributed by atoms with Gasteiger partial charge in [-0.25, -0.2) is 0 Å². The van der Waals surface area contributed by atoms with E-state index >= 15 is 0 Å². The van der Waals surface area contributed by atoms with E-state index < -0.39 is 16.5 Å². The minimum absolute atomic E-state index is 0.0736. The van der Waals surface area contributed by atoms with E-state index in [1.807, 2.05) is 12.1 Å². The number of non-ortho nitro benzene ring substituents is 1. The highest BCUT2D eigenvalue weighted by molar-refractivity contribution is 6.50. The predicted molar refractivity (Wildman–Crippen MR) is 101 cm³/mol. The van der Waals surface area contributed by atoms with Crippen LogP contribution in [-0.2, 0) is 4.79 Å². The first-order chi connectivity index (χ1) is 13.0. The van der Waals surface area contributed by atoms with Crippen molar-refractivity contribution < 1.29 is 14.5 Å². The standard InChI is InChI=1S/C20H17N3O4/c24-19-13-18(16-3-1-2-4-17(16)20(19)25)22-11-9-21(10-12-22)14-5-7-15(8-6-14)23(26)27/h1-8,13H,9-12H2. The third-order valence-corrected chi connectivity index (χ3v) is 4.99. The molecule has 1 aliphatic carbocycles. The van der Waals surface area contributed by atoms with E-state index in [1.165, 1.54) is 18.2 Å². The number of ketones is 2. The monoisotopic (exact) mass is 363 g/mol. The number of carbonyl (C=O) groups excluding carboxylic acids is 2. The number of benzene rings is 2. The van der Waals surface area contributed by atoms with Crippen molar-refractivity contribution in [2.45, 2.75) is 0 Å². The molecule has 1 aliphatic heterocycles. The first-order valence-electron chi connectivity index (χ1n) is 8.69. The molecule has 2 aromatic rings. The third-order valence-electron chi connectivity index (χ3n) is 4.99. The second-order valence-corrected chi connectivity index (χ2v) is 6.52. The Morgan fingerprint density at radius 1 is 0.815 bits per heavy atom. The fraction of sp³-hybridized carbons (Fsp3) is 0.200. The van der Waals surface area contributed by atoms with E-state index in [-0.39, 0.29) is 5.69 Å². The Morgan fingerprint density at radius 3 is 2.04 bits per heavy atom. The lowest BCUT2D eigenvalue weighted by Gasteiger charge is -2.39.